The summed E-state index contributed by atoms with van der Waals surface area (Å²) in [6.07, 6.45) is 0.503. The summed E-state index contributed by atoms with van der Waals surface area (Å²) in [6.45, 7) is 3.92. The highest BCUT2D eigenvalue weighted by Crippen LogP contribution is 2.11. The van der Waals surface area contributed by atoms with E-state index in [0.717, 1.165) is 0 Å². The highest BCUT2D eigenvalue weighted by Gasteiger charge is 2.23. The maximum Gasteiger partial charge on any atom is 0.242 e. The third-order valence-corrected chi connectivity index (χ3v) is 2.81. The van der Waals surface area contributed by atoms with Crippen molar-refractivity contribution in [3.63, 3.8) is 0 Å². The van der Waals surface area contributed by atoms with Crippen LogP contribution in [0.3, 0.4) is 0 Å². The van der Waals surface area contributed by atoms with Gasteiger partial charge in [-0.2, -0.15) is 0 Å². The van der Waals surface area contributed by atoms with Gasteiger partial charge in [-0.25, -0.2) is 0 Å². The van der Waals surface area contributed by atoms with Gasteiger partial charge in [-0.05, 0) is 17.9 Å². The smallest absolute Gasteiger partial charge is 0.242 e. The van der Waals surface area contributed by atoms with Crippen LogP contribution < -0.4 is 16.8 Å². The van der Waals surface area contributed by atoms with E-state index >= 15 is 0 Å². The number of amides is 2. The van der Waals surface area contributed by atoms with Crippen LogP contribution in [0.15, 0.2) is 30.3 Å². The van der Waals surface area contributed by atoms with Crippen molar-refractivity contribution < 1.29 is 9.59 Å². The molecule has 19 heavy (non-hydrogen) atoms. The second-order valence-corrected chi connectivity index (χ2v) is 4.98. The standard InChI is InChI=1S/C14H21N3O2/c1-9(2)8-11(13(16)18)17-14(19)12(15)10-6-4-3-5-7-10/h3-7,9,11-12H,8,15H2,1-2H3,(H2,16,18)(H,17,19). The zero-order valence-corrected chi connectivity index (χ0v) is 11.3. The molecular formula is C14H21N3O2. The van der Waals surface area contributed by atoms with Gasteiger partial charge in [-0.3, -0.25) is 9.59 Å². The lowest BCUT2D eigenvalue weighted by atomic mass is 10.0. The van der Waals surface area contributed by atoms with Gasteiger partial charge in [0.05, 0.1) is 0 Å². The number of carbonyl (C=O) groups excluding carboxylic acids is 2. The first-order valence-electron chi connectivity index (χ1n) is 6.32. The Morgan fingerprint density at radius 2 is 1.79 bits per heavy atom. The molecule has 0 bridgehead atoms. The molecule has 5 N–H and O–H groups in total. The molecule has 5 nitrogen and oxygen atoms in total. The van der Waals surface area contributed by atoms with E-state index in [9.17, 15) is 9.59 Å². The van der Waals surface area contributed by atoms with Crippen molar-refractivity contribution in [3.05, 3.63) is 35.9 Å². The number of rotatable bonds is 6. The molecular weight excluding hydrogens is 242 g/mol. The van der Waals surface area contributed by atoms with E-state index < -0.39 is 23.9 Å². The largest absolute Gasteiger partial charge is 0.368 e. The molecule has 5 heteroatoms. The average molecular weight is 263 g/mol. The fourth-order valence-electron chi connectivity index (χ4n) is 1.79. The number of carbonyl (C=O) groups is 2. The van der Waals surface area contributed by atoms with Gasteiger partial charge in [-0.15, -0.1) is 0 Å². The number of hydrogen-bond donors (Lipinski definition) is 3. The normalized spacial score (nSPS) is 13.9. The number of primary amides is 1. The molecule has 2 amide bonds. The number of nitrogens with two attached hydrogens (primary N) is 2. The lowest BCUT2D eigenvalue weighted by Gasteiger charge is -2.20. The van der Waals surface area contributed by atoms with Crippen LogP contribution in [0, 0.1) is 5.92 Å². The monoisotopic (exact) mass is 263 g/mol. The summed E-state index contributed by atoms with van der Waals surface area (Å²) in [5.74, 6) is -0.677. The Balaban J connectivity index is 2.69. The fourth-order valence-corrected chi connectivity index (χ4v) is 1.79. The molecule has 2 unspecified atom stereocenters. The molecule has 104 valence electrons. The van der Waals surface area contributed by atoms with Gasteiger partial charge in [0.15, 0.2) is 0 Å². The van der Waals surface area contributed by atoms with E-state index in [1.807, 2.05) is 32.0 Å². The average Bonchev–Trinajstić information content (AvgIpc) is 2.37. The lowest BCUT2D eigenvalue weighted by Crippen LogP contribution is -2.48. The minimum Gasteiger partial charge on any atom is -0.368 e. The summed E-state index contributed by atoms with van der Waals surface area (Å²) in [4.78, 5) is 23.3. The molecule has 1 aromatic carbocycles. The third-order valence-electron chi connectivity index (χ3n) is 2.81. The van der Waals surface area contributed by atoms with Crippen LogP contribution in [0.4, 0.5) is 0 Å². The molecule has 0 heterocycles. The van der Waals surface area contributed by atoms with E-state index in [0.29, 0.717) is 12.0 Å². The topological polar surface area (TPSA) is 98.2 Å². The Morgan fingerprint density at radius 3 is 2.26 bits per heavy atom. The first-order chi connectivity index (χ1) is 8.91. The molecule has 0 saturated carbocycles. The first kappa shape index (κ1) is 15.2. The highest BCUT2D eigenvalue weighted by molar-refractivity contribution is 5.89. The van der Waals surface area contributed by atoms with Crippen molar-refractivity contribution in [1.29, 1.82) is 0 Å². The number of nitrogens with one attached hydrogen (secondary N) is 1. The molecule has 1 aromatic rings. The highest BCUT2D eigenvalue weighted by atomic mass is 16.2. The Morgan fingerprint density at radius 1 is 1.21 bits per heavy atom. The Kier molecular flexibility index (Phi) is 5.51. The van der Waals surface area contributed by atoms with Crippen molar-refractivity contribution in [2.24, 2.45) is 17.4 Å². The van der Waals surface area contributed by atoms with Gasteiger partial charge in [0, 0.05) is 0 Å². The summed E-state index contributed by atoms with van der Waals surface area (Å²) >= 11 is 0. The van der Waals surface area contributed by atoms with Crippen molar-refractivity contribution in [1.82, 2.24) is 5.32 Å². The van der Waals surface area contributed by atoms with Gasteiger partial charge in [0.25, 0.3) is 0 Å². The van der Waals surface area contributed by atoms with Crippen molar-refractivity contribution in [2.75, 3.05) is 0 Å². The summed E-state index contributed by atoms with van der Waals surface area (Å²) in [5, 5.41) is 2.61. The van der Waals surface area contributed by atoms with Gasteiger partial charge < -0.3 is 16.8 Å². The molecule has 0 fully saturated rings. The second-order valence-electron chi connectivity index (χ2n) is 4.98. The maximum absolute atomic E-state index is 12.0. The van der Waals surface area contributed by atoms with Crippen molar-refractivity contribution >= 4 is 11.8 Å². The molecule has 0 saturated heterocycles. The van der Waals surface area contributed by atoms with Gasteiger partial charge in [0.2, 0.25) is 11.8 Å². The van der Waals surface area contributed by atoms with E-state index in [1.54, 1.807) is 12.1 Å². The maximum atomic E-state index is 12.0. The Labute approximate surface area is 113 Å². The first-order valence-corrected chi connectivity index (χ1v) is 6.32. The van der Waals surface area contributed by atoms with E-state index in [-0.39, 0.29) is 5.92 Å². The van der Waals surface area contributed by atoms with E-state index in [1.165, 1.54) is 0 Å². The summed E-state index contributed by atoms with van der Waals surface area (Å²) in [7, 11) is 0. The predicted octanol–water partition coefficient (Wildman–Crippen LogP) is 0.703. The van der Waals surface area contributed by atoms with Crippen LogP contribution in [0.5, 0.6) is 0 Å². The van der Waals surface area contributed by atoms with Gasteiger partial charge in [-0.1, -0.05) is 44.2 Å². The Hall–Kier alpha value is -1.88. The molecule has 0 aromatic heterocycles. The molecule has 0 aliphatic carbocycles. The van der Waals surface area contributed by atoms with E-state index in [2.05, 4.69) is 5.32 Å². The number of hydrogen-bond acceptors (Lipinski definition) is 3. The van der Waals surface area contributed by atoms with Crippen LogP contribution >= 0.6 is 0 Å². The summed E-state index contributed by atoms with van der Waals surface area (Å²) < 4.78 is 0. The van der Waals surface area contributed by atoms with Crippen LogP contribution in [-0.4, -0.2) is 17.9 Å². The lowest BCUT2D eigenvalue weighted by molar-refractivity contribution is -0.128. The van der Waals surface area contributed by atoms with Crippen LogP contribution in [0.1, 0.15) is 31.9 Å². The van der Waals surface area contributed by atoms with Crippen LogP contribution in [-0.2, 0) is 9.59 Å². The van der Waals surface area contributed by atoms with Crippen LogP contribution in [0.25, 0.3) is 0 Å². The molecule has 1 rings (SSSR count). The minimum absolute atomic E-state index is 0.255. The quantitative estimate of drug-likeness (QED) is 0.704. The van der Waals surface area contributed by atoms with Gasteiger partial charge >= 0.3 is 0 Å². The second kappa shape index (κ2) is 6.89. The SMILES string of the molecule is CC(C)CC(NC(=O)C(N)c1ccccc1)C(N)=O. The van der Waals surface area contributed by atoms with Gasteiger partial charge in [0.1, 0.15) is 12.1 Å². The van der Waals surface area contributed by atoms with E-state index in [4.69, 9.17) is 11.5 Å². The zero-order chi connectivity index (χ0) is 14.4. The molecule has 0 aliphatic rings. The fraction of sp³-hybridized carbons (Fsp3) is 0.429. The molecule has 2 atom stereocenters. The summed E-state index contributed by atoms with van der Waals surface area (Å²) in [6, 6.07) is 7.53. The van der Waals surface area contributed by atoms with Crippen molar-refractivity contribution in [3.8, 4) is 0 Å². The minimum atomic E-state index is -0.796. The third kappa shape index (κ3) is 4.71. The van der Waals surface area contributed by atoms with Crippen molar-refractivity contribution in [2.45, 2.75) is 32.4 Å². The summed E-state index contributed by atoms with van der Waals surface area (Å²) in [5.41, 5.74) is 11.8. The zero-order valence-electron chi connectivity index (χ0n) is 11.3. The van der Waals surface area contributed by atoms with Crippen LogP contribution in [0.2, 0.25) is 0 Å². The Bertz CT molecular complexity index is 432. The molecule has 0 aliphatic heterocycles. The molecule has 0 spiro atoms. The predicted molar refractivity (Wildman–Crippen MR) is 74.0 cm³/mol. The molecule has 0 radical (unpaired) electrons. The number of benzene rings is 1.